The second-order valence-electron chi connectivity index (χ2n) is 4.12. The Labute approximate surface area is 83.2 Å². The number of nitrogens with two attached hydrogens (primary N) is 1. The first-order chi connectivity index (χ1) is 6.28. The second-order valence-corrected chi connectivity index (χ2v) is 4.12. The van der Waals surface area contributed by atoms with Crippen molar-refractivity contribution in [2.24, 2.45) is 5.73 Å². The van der Waals surface area contributed by atoms with Crippen LogP contribution >= 0.6 is 0 Å². The maximum atomic E-state index is 11.9. The van der Waals surface area contributed by atoms with Gasteiger partial charge in [0.1, 0.15) is 5.60 Å². The van der Waals surface area contributed by atoms with E-state index in [1.54, 1.807) is 20.8 Å². The minimum Gasteiger partial charge on any atom is -0.458 e. The monoisotopic (exact) mass is 207 g/mol. The maximum absolute atomic E-state index is 11.9. The average Bonchev–Trinajstić information content (AvgIpc) is 2.00. The van der Waals surface area contributed by atoms with Crippen molar-refractivity contribution in [3.63, 3.8) is 0 Å². The fourth-order valence-electron chi connectivity index (χ4n) is 0.821. The minimum atomic E-state index is -1.45. The number of hydrogen-bond donors (Lipinski definition) is 2. The number of aliphatic hydroxyl groups excluding tert-OH is 1. The van der Waals surface area contributed by atoms with E-state index >= 15 is 0 Å². The molecule has 0 saturated carbocycles. The van der Waals surface area contributed by atoms with Gasteiger partial charge >= 0.3 is 5.97 Å². The number of aliphatic hydroxyl groups is 1. The molecule has 0 radical (unpaired) electrons. The zero-order valence-corrected chi connectivity index (χ0v) is 8.79. The highest BCUT2D eigenvalue weighted by Crippen LogP contribution is 2.10. The van der Waals surface area contributed by atoms with E-state index in [0.717, 1.165) is 0 Å². The Kier molecular flexibility index (Phi) is 5.01. The minimum absolute atomic E-state index is 0.0551. The molecule has 5 heteroatoms. The van der Waals surface area contributed by atoms with Gasteiger partial charge < -0.3 is 15.6 Å². The fraction of sp³-hybridized carbons (Fsp3) is 0.889. The Bertz CT molecular complexity index is 191. The molecule has 14 heavy (non-hydrogen) atoms. The molecule has 0 amide bonds. The van der Waals surface area contributed by atoms with E-state index in [1.165, 1.54) is 0 Å². The van der Waals surface area contributed by atoms with E-state index < -0.39 is 30.4 Å². The van der Waals surface area contributed by atoms with Crippen molar-refractivity contribution in [3.8, 4) is 0 Å². The molecular weight excluding hydrogens is 189 g/mol. The normalized spacial score (nSPS) is 16.1. The lowest BCUT2D eigenvalue weighted by Gasteiger charge is -2.23. The predicted molar refractivity (Wildman–Crippen MR) is 50.4 cm³/mol. The van der Waals surface area contributed by atoms with Crippen LogP contribution in [0.4, 0.5) is 4.39 Å². The molecule has 3 N–H and O–H groups in total. The summed E-state index contributed by atoms with van der Waals surface area (Å²) >= 11 is 0. The third kappa shape index (κ3) is 5.14. The van der Waals surface area contributed by atoms with Crippen LogP contribution in [0.15, 0.2) is 0 Å². The van der Waals surface area contributed by atoms with Crippen LogP contribution < -0.4 is 5.73 Å². The van der Waals surface area contributed by atoms with Crippen LogP contribution in [0.2, 0.25) is 0 Å². The Morgan fingerprint density at radius 2 is 2.07 bits per heavy atom. The molecule has 0 aromatic heterocycles. The SMILES string of the molecule is CC(C)(C)OC(=O)C(O)C(N)CCF. The fourth-order valence-corrected chi connectivity index (χ4v) is 0.821. The molecular formula is C9H18FNO3. The van der Waals surface area contributed by atoms with Crippen molar-refractivity contribution in [3.05, 3.63) is 0 Å². The molecule has 0 bridgehead atoms. The van der Waals surface area contributed by atoms with Gasteiger partial charge in [0, 0.05) is 6.04 Å². The van der Waals surface area contributed by atoms with Gasteiger partial charge in [-0.3, -0.25) is 4.39 Å². The van der Waals surface area contributed by atoms with Crippen LogP contribution in [0, 0.1) is 0 Å². The van der Waals surface area contributed by atoms with Gasteiger partial charge in [0.25, 0.3) is 0 Å². The topological polar surface area (TPSA) is 72.5 Å². The van der Waals surface area contributed by atoms with Crippen LogP contribution in [0.25, 0.3) is 0 Å². The largest absolute Gasteiger partial charge is 0.458 e. The van der Waals surface area contributed by atoms with Crippen LogP contribution in [0.5, 0.6) is 0 Å². The Morgan fingerprint density at radius 3 is 2.43 bits per heavy atom. The lowest BCUT2D eigenvalue weighted by Crippen LogP contribution is -2.44. The summed E-state index contributed by atoms with van der Waals surface area (Å²) in [5, 5.41) is 9.31. The quantitative estimate of drug-likeness (QED) is 0.653. The summed E-state index contributed by atoms with van der Waals surface area (Å²) in [5.41, 5.74) is 4.68. The Hall–Kier alpha value is -0.680. The summed E-state index contributed by atoms with van der Waals surface area (Å²) in [5.74, 6) is -0.807. The molecule has 0 heterocycles. The van der Waals surface area contributed by atoms with E-state index in [2.05, 4.69) is 0 Å². The first-order valence-electron chi connectivity index (χ1n) is 4.50. The van der Waals surface area contributed by atoms with Crippen molar-refractivity contribution >= 4 is 5.97 Å². The summed E-state index contributed by atoms with van der Waals surface area (Å²) in [6.07, 6.45) is -1.51. The number of rotatable bonds is 4. The molecule has 0 aliphatic carbocycles. The van der Waals surface area contributed by atoms with Crippen LogP contribution in [0.1, 0.15) is 27.2 Å². The van der Waals surface area contributed by atoms with E-state index in [0.29, 0.717) is 0 Å². The summed E-state index contributed by atoms with van der Waals surface area (Å²) in [7, 11) is 0. The second kappa shape index (κ2) is 5.26. The number of alkyl halides is 1. The van der Waals surface area contributed by atoms with E-state index in [-0.39, 0.29) is 6.42 Å². The molecule has 4 nitrogen and oxygen atoms in total. The summed E-state index contributed by atoms with van der Waals surface area (Å²) in [6, 6.07) is -0.908. The zero-order valence-electron chi connectivity index (χ0n) is 8.79. The van der Waals surface area contributed by atoms with Gasteiger partial charge in [-0.05, 0) is 27.2 Å². The molecule has 0 rings (SSSR count). The first kappa shape index (κ1) is 13.3. The van der Waals surface area contributed by atoms with Gasteiger partial charge in [-0.25, -0.2) is 4.79 Å². The molecule has 0 saturated heterocycles. The smallest absolute Gasteiger partial charge is 0.337 e. The summed E-state index contributed by atoms with van der Waals surface area (Å²) in [4.78, 5) is 11.2. The van der Waals surface area contributed by atoms with Gasteiger partial charge in [-0.1, -0.05) is 0 Å². The highest BCUT2D eigenvalue weighted by atomic mass is 19.1. The van der Waals surface area contributed by atoms with Crippen molar-refractivity contribution in [1.29, 1.82) is 0 Å². The number of carbonyl (C=O) groups excluding carboxylic acids is 1. The molecule has 0 fully saturated rings. The van der Waals surface area contributed by atoms with Gasteiger partial charge in [0.2, 0.25) is 0 Å². The maximum Gasteiger partial charge on any atom is 0.337 e. The third-order valence-corrected chi connectivity index (χ3v) is 1.50. The molecule has 2 unspecified atom stereocenters. The van der Waals surface area contributed by atoms with Crippen molar-refractivity contribution in [2.45, 2.75) is 44.9 Å². The Balaban J connectivity index is 4.12. The third-order valence-electron chi connectivity index (χ3n) is 1.50. The van der Waals surface area contributed by atoms with E-state index in [9.17, 15) is 14.3 Å². The number of ether oxygens (including phenoxy) is 1. The van der Waals surface area contributed by atoms with Crippen molar-refractivity contribution in [2.75, 3.05) is 6.67 Å². The van der Waals surface area contributed by atoms with Crippen LogP contribution in [-0.2, 0) is 9.53 Å². The van der Waals surface area contributed by atoms with Crippen LogP contribution in [0.3, 0.4) is 0 Å². The van der Waals surface area contributed by atoms with Gasteiger partial charge in [-0.2, -0.15) is 0 Å². The number of halogens is 1. The molecule has 84 valence electrons. The highest BCUT2D eigenvalue weighted by molar-refractivity contribution is 5.75. The molecule has 0 aromatic carbocycles. The highest BCUT2D eigenvalue weighted by Gasteiger charge is 2.27. The molecule has 0 aromatic rings. The first-order valence-corrected chi connectivity index (χ1v) is 4.50. The number of carbonyl (C=O) groups is 1. The van der Waals surface area contributed by atoms with E-state index in [1.807, 2.05) is 0 Å². The molecule has 0 spiro atoms. The predicted octanol–water partition coefficient (Wildman–Crippen LogP) is 0.376. The van der Waals surface area contributed by atoms with Gasteiger partial charge in [-0.15, -0.1) is 0 Å². The molecule has 0 aliphatic rings. The number of esters is 1. The number of hydrogen-bond acceptors (Lipinski definition) is 4. The van der Waals surface area contributed by atoms with Gasteiger partial charge in [0.15, 0.2) is 6.10 Å². The Morgan fingerprint density at radius 1 is 1.57 bits per heavy atom. The van der Waals surface area contributed by atoms with Crippen molar-refractivity contribution < 1.29 is 19.0 Å². The lowest BCUT2D eigenvalue weighted by atomic mass is 10.1. The zero-order chi connectivity index (χ0) is 11.4. The molecule has 2 atom stereocenters. The lowest BCUT2D eigenvalue weighted by molar-refractivity contribution is -0.166. The van der Waals surface area contributed by atoms with Crippen molar-refractivity contribution in [1.82, 2.24) is 0 Å². The van der Waals surface area contributed by atoms with Crippen LogP contribution in [-0.4, -0.2) is 35.5 Å². The molecule has 0 aliphatic heterocycles. The summed E-state index contributed by atoms with van der Waals surface area (Å²) in [6.45, 7) is 4.37. The van der Waals surface area contributed by atoms with Gasteiger partial charge in [0.05, 0.1) is 6.67 Å². The standard InChI is InChI=1S/C9H18FNO3/c1-9(2,3)14-8(13)7(12)6(11)4-5-10/h6-7,12H,4-5,11H2,1-3H3. The van der Waals surface area contributed by atoms with E-state index in [4.69, 9.17) is 10.5 Å². The summed E-state index contributed by atoms with van der Waals surface area (Å²) < 4.78 is 16.7. The average molecular weight is 207 g/mol.